The van der Waals surface area contributed by atoms with Crippen LogP contribution in [0.25, 0.3) is 0 Å². The Bertz CT molecular complexity index is 106. The highest BCUT2D eigenvalue weighted by Gasteiger charge is 2.19. The third-order valence-electron chi connectivity index (χ3n) is 2.45. The molecule has 2 unspecified atom stereocenters. The zero-order chi connectivity index (χ0) is 8.10. The molecule has 0 aromatic carbocycles. The Hall–Kier alpha value is -0.0800. The summed E-state index contributed by atoms with van der Waals surface area (Å²) in [5.74, 6) is 0. The molecule has 1 rings (SSSR count). The van der Waals surface area contributed by atoms with Crippen molar-refractivity contribution in [3.05, 3.63) is 0 Å². The molecule has 2 atom stereocenters. The zero-order valence-electron chi connectivity index (χ0n) is 7.34. The molecule has 0 amide bonds. The number of likely N-dealkylation sites (N-methyl/N-ethyl adjacent to an activating group) is 1. The van der Waals surface area contributed by atoms with E-state index in [1.54, 1.807) is 0 Å². The van der Waals surface area contributed by atoms with E-state index >= 15 is 0 Å². The van der Waals surface area contributed by atoms with Crippen molar-refractivity contribution < 1.29 is 5.11 Å². The number of rotatable bonds is 2. The molecule has 11 heavy (non-hydrogen) atoms. The van der Waals surface area contributed by atoms with Crippen molar-refractivity contribution in [1.82, 2.24) is 5.32 Å². The van der Waals surface area contributed by atoms with E-state index in [4.69, 9.17) is 0 Å². The van der Waals surface area contributed by atoms with Crippen LogP contribution in [0.15, 0.2) is 0 Å². The van der Waals surface area contributed by atoms with Crippen LogP contribution < -0.4 is 5.32 Å². The van der Waals surface area contributed by atoms with Crippen molar-refractivity contribution in [1.29, 1.82) is 0 Å². The predicted octanol–water partition coefficient (Wildman–Crippen LogP) is 1.29. The molecule has 2 N–H and O–H groups in total. The first-order chi connectivity index (χ1) is 5.34. The minimum Gasteiger partial charge on any atom is -0.392 e. The van der Waals surface area contributed by atoms with Gasteiger partial charge in [-0.05, 0) is 19.4 Å². The molecule has 1 aliphatic rings. The molecule has 1 aliphatic carbocycles. The summed E-state index contributed by atoms with van der Waals surface area (Å²) in [6, 6.07) is 0.363. The van der Waals surface area contributed by atoms with Gasteiger partial charge < -0.3 is 10.4 Å². The van der Waals surface area contributed by atoms with E-state index < -0.39 is 0 Å². The molecular formula is C9H19NO. The third-order valence-corrected chi connectivity index (χ3v) is 2.45. The van der Waals surface area contributed by atoms with Crippen LogP contribution in [0, 0.1) is 0 Å². The summed E-state index contributed by atoms with van der Waals surface area (Å²) in [4.78, 5) is 0. The fraction of sp³-hybridized carbons (Fsp3) is 1.00. The van der Waals surface area contributed by atoms with Crippen LogP contribution in [0.2, 0.25) is 0 Å². The fourth-order valence-corrected chi connectivity index (χ4v) is 1.79. The molecule has 2 nitrogen and oxygen atoms in total. The summed E-state index contributed by atoms with van der Waals surface area (Å²) >= 11 is 0. The number of hydrogen-bond donors (Lipinski definition) is 2. The van der Waals surface area contributed by atoms with Gasteiger partial charge in [-0.1, -0.05) is 26.2 Å². The van der Waals surface area contributed by atoms with Gasteiger partial charge in [0, 0.05) is 6.04 Å². The highest BCUT2D eigenvalue weighted by atomic mass is 16.3. The molecule has 1 saturated carbocycles. The second-order valence-electron chi connectivity index (χ2n) is 3.37. The second kappa shape index (κ2) is 4.73. The lowest BCUT2D eigenvalue weighted by atomic mass is 10.1. The van der Waals surface area contributed by atoms with Crippen LogP contribution in [0.5, 0.6) is 0 Å². The van der Waals surface area contributed by atoms with E-state index in [0.717, 1.165) is 19.4 Å². The van der Waals surface area contributed by atoms with E-state index in [1.807, 2.05) is 0 Å². The van der Waals surface area contributed by atoms with Crippen LogP contribution in [-0.2, 0) is 0 Å². The highest BCUT2D eigenvalue weighted by Crippen LogP contribution is 2.17. The van der Waals surface area contributed by atoms with Gasteiger partial charge in [-0.15, -0.1) is 0 Å². The van der Waals surface area contributed by atoms with E-state index in [0.29, 0.717) is 6.04 Å². The first kappa shape index (κ1) is 9.01. The minimum atomic E-state index is -0.0996. The average molecular weight is 157 g/mol. The molecule has 0 heterocycles. The van der Waals surface area contributed by atoms with Crippen LogP contribution in [0.4, 0.5) is 0 Å². The SMILES string of the molecule is CCNC1CCCCCC1O. The molecule has 0 aromatic heterocycles. The lowest BCUT2D eigenvalue weighted by Gasteiger charge is -2.20. The summed E-state index contributed by atoms with van der Waals surface area (Å²) in [6.45, 7) is 3.07. The number of aliphatic hydroxyl groups excluding tert-OH is 1. The Kier molecular flexibility index (Phi) is 3.87. The van der Waals surface area contributed by atoms with Crippen molar-refractivity contribution in [2.75, 3.05) is 6.54 Å². The first-order valence-electron chi connectivity index (χ1n) is 4.76. The van der Waals surface area contributed by atoms with Crippen LogP contribution in [0.1, 0.15) is 39.0 Å². The maximum Gasteiger partial charge on any atom is 0.0693 e. The van der Waals surface area contributed by atoms with Crippen LogP contribution in [-0.4, -0.2) is 23.8 Å². The maximum absolute atomic E-state index is 9.62. The van der Waals surface area contributed by atoms with Gasteiger partial charge >= 0.3 is 0 Å². The molecular weight excluding hydrogens is 138 g/mol. The quantitative estimate of drug-likeness (QED) is 0.592. The smallest absolute Gasteiger partial charge is 0.0693 e. The van der Waals surface area contributed by atoms with Crippen molar-refractivity contribution in [2.24, 2.45) is 0 Å². The summed E-state index contributed by atoms with van der Waals surface area (Å²) in [5.41, 5.74) is 0. The lowest BCUT2D eigenvalue weighted by Crippen LogP contribution is -2.38. The topological polar surface area (TPSA) is 32.3 Å². The zero-order valence-corrected chi connectivity index (χ0v) is 7.34. The van der Waals surface area contributed by atoms with Gasteiger partial charge in [-0.3, -0.25) is 0 Å². The summed E-state index contributed by atoms with van der Waals surface area (Å²) in [5, 5.41) is 12.9. The Morgan fingerprint density at radius 3 is 2.73 bits per heavy atom. The van der Waals surface area contributed by atoms with Gasteiger partial charge in [-0.25, -0.2) is 0 Å². The van der Waals surface area contributed by atoms with Gasteiger partial charge in [-0.2, -0.15) is 0 Å². The van der Waals surface area contributed by atoms with Crippen molar-refractivity contribution >= 4 is 0 Å². The molecule has 0 radical (unpaired) electrons. The monoisotopic (exact) mass is 157 g/mol. The Morgan fingerprint density at radius 2 is 2.00 bits per heavy atom. The number of nitrogens with one attached hydrogen (secondary N) is 1. The van der Waals surface area contributed by atoms with Gasteiger partial charge in [0.2, 0.25) is 0 Å². The fourth-order valence-electron chi connectivity index (χ4n) is 1.79. The highest BCUT2D eigenvalue weighted by molar-refractivity contribution is 4.77. The van der Waals surface area contributed by atoms with E-state index in [1.165, 1.54) is 19.3 Å². The Labute approximate surface area is 69.0 Å². The van der Waals surface area contributed by atoms with Gasteiger partial charge in [0.1, 0.15) is 0 Å². The van der Waals surface area contributed by atoms with Gasteiger partial charge in [0.05, 0.1) is 6.10 Å². The second-order valence-corrected chi connectivity index (χ2v) is 3.37. The van der Waals surface area contributed by atoms with Crippen molar-refractivity contribution in [2.45, 2.75) is 51.2 Å². The molecule has 0 spiro atoms. The molecule has 0 saturated heterocycles. The van der Waals surface area contributed by atoms with E-state index in [2.05, 4.69) is 12.2 Å². The number of hydrogen-bond acceptors (Lipinski definition) is 2. The lowest BCUT2D eigenvalue weighted by molar-refractivity contribution is 0.121. The van der Waals surface area contributed by atoms with Crippen LogP contribution in [0.3, 0.4) is 0 Å². The maximum atomic E-state index is 9.62. The van der Waals surface area contributed by atoms with Crippen LogP contribution >= 0.6 is 0 Å². The first-order valence-corrected chi connectivity index (χ1v) is 4.76. The van der Waals surface area contributed by atoms with Gasteiger partial charge in [0.15, 0.2) is 0 Å². The van der Waals surface area contributed by atoms with Gasteiger partial charge in [0.25, 0.3) is 0 Å². The van der Waals surface area contributed by atoms with E-state index in [-0.39, 0.29) is 6.10 Å². The third kappa shape index (κ3) is 2.80. The van der Waals surface area contributed by atoms with E-state index in [9.17, 15) is 5.11 Å². The standard InChI is InChI=1S/C9H19NO/c1-2-10-8-6-4-3-5-7-9(8)11/h8-11H,2-7H2,1H3. The van der Waals surface area contributed by atoms with Crippen molar-refractivity contribution in [3.8, 4) is 0 Å². The minimum absolute atomic E-state index is 0.0996. The molecule has 0 aromatic rings. The molecule has 1 fully saturated rings. The molecule has 2 heteroatoms. The molecule has 66 valence electrons. The summed E-state index contributed by atoms with van der Waals surface area (Å²) in [7, 11) is 0. The summed E-state index contributed by atoms with van der Waals surface area (Å²) < 4.78 is 0. The number of aliphatic hydroxyl groups is 1. The Balaban J connectivity index is 2.32. The average Bonchev–Trinajstić information content (AvgIpc) is 2.18. The largest absolute Gasteiger partial charge is 0.392 e. The molecule has 0 bridgehead atoms. The Morgan fingerprint density at radius 1 is 1.27 bits per heavy atom. The predicted molar refractivity (Wildman–Crippen MR) is 46.6 cm³/mol. The summed E-state index contributed by atoms with van der Waals surface area (Å²) in [6.07, 6.45) is 5.79. The normalized spacial score (nSPS) is 33.3. The molecule has 0 aliphatic heterocycles. The van der Waals surface area contributed by atoms with Crippen molar-refractivity contribution in [3.63, 3.8) is 0 Å².